The Morgan fingerprint density at radius 1 is 1.25 bits per heavy atom. The van der Waals surface area contributed by atoms with Crippen molar-refractivity contribution in [1.82, 2.24) is 5.43 Å². The van der Waals surface area contributed by atoms with Gasteiger partial charge < -0.3 is 9.84 Å². The zero-order chi connectivity index (χ0) is 17.5. The van der Waals surface area contributed by atoms with Crippen molar-refractivity contribution in [2.24, 2.45) is 5.10 Å². The van der Waals surface area contributed by atoms with Gasteiger partial charge in [-0.25, -0.2) is 10.2 Å². The van der Waals surface area contributed by atoms with Crippen LogP contribution in [-0.4, -0.2) is 29.8 Å². The second-order valence-corrected chi connectivity index (χ2v) is 5.36. The summed E-state index contributed by atoms with van der Waals surface area (Å²) in [5.41, 5.74) is 4.01. The zero-order valence-corrected chi connectivity index (χ0v) is 13.6. The molecule has 0 saturated carbocycles. The summed E-state index contributed by atoms with van der Waals surface area (Å²) in [6.45, 7) is 1.65. The Morgan fingerprint density at radius 3 is 2.58 bits per heavy atom. The van der Waals surface area contributed by atoms with E-state index in [-0.39, 0.29) is 12.2 Å². The maximum absolute atomic E-state index is 11.7. The van der Waals surface area contributed by atoms with E-state index >= 15 is 0 Å². The molecule has 0 spiro atoms. The van der Waals surface area contributed by atoms with Crippen molar-refractivity contribution in [2.75, 3.05) is 6.61 Å². The lowest BCUT2D eigenvalue weighted by atomic mass is 10.1. The highest BCUT2D eigenvalue weighted by atomic mass is 35.5. The average molecular weight is 347 g/mol. The van der Waals surface area contributed by atoms with Crippen LogP contribution < -0.4 is 10.2 Å². The Balaban J connectivity index is 1.83. The number of carbonyl (C=O) groups excluding carboxylic acids is 1. The second kappa shape index (κ2) is 8.12. The van der Waals surface area contributed by atoms with E-state index in [1.165, 1.54) is 18.3 Å². The fourth-order valence-electron chi connectivity index (χ4n) is 1.84. The predicted octanol–water partition coefficient (Wildman–Crippen LogP) is 2.88. The lowest BCUT2D eigenvalue weighted by Crippen LogP contribution is -2.24. The highest BCUT2D eigenvalue weighted by molar-refractivity contribution is 6.30. The van der Waals surface area contributed by atoms with Gasteiger partial charge in [-0.3, -0.25) is 4.79 Å². The molecular weight excluding hydrogens is 332 g/mol. The van der Waals surface area contributed by atoms with Crippen molar-refractivity contribution >= 4 is 29.7 Å². The van der Waals surface area contributed by atoms with Crippen molar-refractivity contribution in [1.29, 1.82) is 0 Å². The number of hydrogen-bond donors (Lipinski definition) is 2. The number of halogens is 1. The van der Waals surface area contributed by atoms with E-state index in [0.29, 0.717) is 16.3 Å². The summed E-state index contributed by atoms with van der Waals surface area (Å²) in [6, 6.07) is 11.2. The monoisotopic (exact) mass is 346 g/mol. The number of rotatable bonds is 6. The molecule has 0 aliphatic carbocycles. The first-order chi connectivity index (χ1) is 11.5. The van der Waals surface area contributed by atoms with Gasteiger partial charge >= 0.3 is 5.97 Å². The molecule has 0 heterocycles. The molecule has 0 fully saturated rings. The molecular formula is C17H15ClN2O4. The standard InChI is InChI=1S/C17H15ClN2O4/c1-11-8-14(18)6-7-15(11)24-10-16(21)20-19-9-12-2-4-13(5-3-12)17(22)23/h2-9H,10H2,1H3,(H,20,21)(H,22,23)/b19-9-. The second-order valence-electron chi connectivity index (χ2n) is 4.92. The van der Waals surface area contributed by atoms with Crippen LogP contribution in [0.4, 0.5) is 0 Å². The molecule has 2 N–H and O–H groups in total. The zero-order valence-electron chi connectivity index (χ0n) is 12.8. The van der Waals surface area contributed by atoms with E-state index < -0.39 is 11.9 Å². The fourth-order valence-corrected chi connectivity index (χ4v) is 2.07. The number of amides is 1. The molecule has 1 amide bonds. The number of ether oxygens (including phenoxy) is 1. The van der Waals surface area contributed by atoms with Gasteiger partial charge in [-0.05, 0) is 48.4 Å². The van der Waals surface area contributed by atoms with E-state index in [2.05, 4.69) is 10.5 Å². The normalized spacial score (nSPS) is 10.6. The Morgan fingerprint density at radius 2 is 1.96 bits per heavy atom. The van der Waals surface area contributed by atoms with Crippen LogP contribution in [-0.2, 0) is 4.79 Å². The molecule has 0 radical (unpaired) electrons. The molecule has 7 heteroatoms. The number of carbonyl (C=O) groups is 2. The number of aromatic carboxylic acids is 1. The van der Waals surface area contributed by atoms with Crippen LogP contribution in [0.25, 0.3) is 0 Å². The third kappa shape index (κ3) is 5.10. The minimum absolute atomic E-state index is 0.183. The fraction of sp³-hybridized carbons (Fsp3) is 0.118. The Labute approximate surface area is 143 Å². The molecule has 0 atom stereocenters. The SMILES string of the molecule is Cc1cc(Cl)ccc1OCC(=O)N/N=C\c1ccc(C(=O)O)cc1. The average Bonchev–Trinajstić information content (AvgIpc) is 2.54. The summed E-state index contributed by atoms with van der Waals surface area (Å²) >= 11 is 5.85. The summed E-state index contributed by atoms with van der Waals surface area (Å²) in [5.74, 6) is -0.841. The first kappa shape index (κ1) is 17.5. The van der Waals surface area contributed by atoms with Crippen molar-refractivity contribution in [2.45, 2.75) is 6.92 Å². The number of carboxylic acid groups (broad SMARTS) is 1. The smallest absolute Gasteiger partial charge is 0.335 e. The molecule has 6 nitrogen and oxygen atoms in total. The van der Waals surface area contributed by atoms with Crippen molar-refractivity contribution < 1.29 is 19.4 Å². The number of hydrazone groups is 1. The van der Waals surface area contributed by atoms with Crippen LogP contribution in [0, 0.1) is 6.92 Å². The maximum atomic E-state index is 11.7. The highest BCUT2D eigenvalue weighted by Gasteiger charge is 2.04. The molecule has 0 bridgehead atoms. The molecule has 2 rings (SSSR count). The lowest BCUT2D eigenvalue weighted by Gasteiger charge is -2.08. The minimum Gasteiger partial charge on any atom is -0.483 e. The molecule has 0 aliphatic heterocycles. The van der Waals surface area contributed by atoms with Gasteiger partial charge in [0.2, 0.25) is 0 Å². The molecule has 0 aromatic heterocycles. The van der Waals surface area contributed by atoms with Gasteiger partial charge in [0.1, 0.15) is 5.75 Å². The summed E-state index contributed by atoms with van der Waals surface area (Å²) < 4.78 is 5.39. The molecule has 0 aliphatic rings. The van der Waals surface area contributed by atoms with E-state index in [0.717, 1.165) is 5.56 Å². The quantitative estimate of drug-likeness (QED) is 0.622. The molecule has 24 heavy (non-hydrogen) atoms. The number of carboxylic acids is 1. The number of hydrogen-bond acceptors (Lipinski definition) is 4. The Bertz CT molecular complexity index is 773. The van der Waals surface area contributed by atoms with Gasteiger partial charge in [-0.2, -0.15) is 5.10 Å². The first-order valence-electron chi connectivity index (χ1n) is 7.00. The first-order valence-corrected chi connectivity index (χ1v) is 7.38. The van der Waals surface area contributed by atoms with Crippen LogP contribution in [0.5, 0.6) is 5.75 Å². The largest absolute Gasteiger partial charge is 0.483 e. The third-order valence-corrected chi connectivity index (χ3v) is 3.29. The number of aryl methyl sites for hydroxylation is 1. The van der Waals surface area contributed by atoms with Crippen molar-refractivity contribution in [3.8, 4) is 5.75 Å². The summed E-state index contributed by atoms with van der Waals surface area (Å²) in [6.07, 6.45) is 1.41. The predicted molar refractivity (Wildman–Crippen MR) is 90.8 cm³/mol. The topological polar surface area (TPSA) is 88.0 Å². The summed E-state index contributed by atoms with van der Waals surface area (Å²) in [5, 5.41) is 13.2. The molecule has 2 aromatic carbocycles. The third-order valence-electron chi connectivity index (χ3n) is 3.06. The lowest BCUT2D eigenvalue weighted by molar-refractivity contribution is -0.123. The van der Waals surface area contributed by atoms with Gasteiger partial charge in [0.25, 0.3) is 5.91 Å². The maximum Gasteiger partial charge on any atom is 0.335 e. The van der Waals surface area contributed by atoms with Gasteiger partial charge in [0.05, 0.1) is 11.8 Å². The molecule has 0 unspecified atom stereocenters. The Kier molecular flexibility index (Phi) is 5.92. The van der Waals surface area contributed by atoms with Gasteiger partial charge in [-0.1, -0.05) is 23.7 Å². The number of benzene rings is 2. The van der Waals surface area contributed by atoms with Gasteiger partial charge in [-0.15, -0.1) is 0 Å². The van der Waals surface area contributed by atoms with E-state index in [4.69, 9.17) is 21.4 Å². The highest BCUT2D eigenvalue weighted by Crippen LogP contribution is 2.21. The summed E-state index contributed by atoms with van der Waals surface area (Å²) in [7, 11) is 0. The van der Waals surface area contributed by atoms with Crippen LogP contribution >= 0.6 is 11.6 Å². The molecule has 2 aromatic rings. The Hall–Kier alpha value is -2.86. The van der Waals surface area contributed by atoms with Gasteiger partial charge in [0.15, 0.2) is 6.61 Å². The van der Waals surface area contributed by atoms with Crippen LogP contribution in [0.15, 0.2) is 47.6 Å². The van der Waals surface area contributed by atoms with E-state index in [1.54, 1.807) is 30.3 Å². The van der Waals surface area contributed by atoms with E-state index in [9.17, 15) is 9.59 Å². The minimum atomic E-state index is -0.999. The van der Waals surface area contributed by atoms with Crippen molar-refractivity contribution in [3.05, 3.63) is 64.2 Å². The van der Waals surface area contributed by atoms with Crippen LogP contribution in [0.1, 0.15) is 21.5 Å². The van der Waals surface area contributed by atoms with Crippen LogP contribution in [0.2, 0.25) is 5.02 Å². The van der Waals surface area contributed by atoms with Gasteiger partial charge in [0, 0.05) is 5.02 Å². The van der Waals surface area contributed by atoms with E-state index in [1.807, 2.05) is 6.92 Å². The number of nitrogens with one attached hydrogen (secondary N) is 1. The molecule has 0 saturated heterocycles. The van der Waals surface area contributed by atoms with Crippen LogP contribution in [0.3, 0.4) is 0 Å². The molecule has 124 valence electrons. The summed E-state index contributed by atoms with van der Waals surface area (Å²) in [4.78, 5) is 22.4. The number of nitrogens with zero attached hydrogens (tertiary/aromatic N) is 1. The van der Waals surface area contributed by atoms with Crippen molar-refractivity contribution in [3.63, 3.8) is 0 Å².